The Labute approximate surface area is 202 Å². The van der Waals surface area contributed by atoms with Crippen molar-refractivity contribution in [2.24, 2.45) is 0 Å². The van der Waals surface area contributed by atoms with Crippen LogP contribution in [0.25, 0.3) is 22.2 Å². The molecule has 0 saturated heterocycles. The van der Waals surface area contributed by atoms with E-state index in [1.54, 1.807) is 36.4 Å². The molecule has 0 spiro atoms. The Morgan fingerprint density at radius 1 is 0.829 bits per heavy atom. The van der Waals surface area contributed by atoms with Gasteiger partial charge < -0.3 is 10.1 Å². The van der Waals surface area contributed by atoms with Gasteiger partial charge in [-0.3, -0.25) is 25.2 Å². The van der Waals surface area contributed by atoms with E-state index in [4.69, 9.17) is 4.74 Å². The van der Waals surface area contributed by atoms with Crippen molar-refractivity contribution in [2.45, 2.75) is 6.92 Å². The van der Waals surface area contributed by atoms with E-state index in [1.807, 2.05) is 55.5 Å². The third-order valence-electron chi connectivity index (χ3n) is 5.18. The molecule has 8 nitrogen and oxygen atoms in total. The smallest absolute Gasteiger partial charge is 0.270 e. The van der Waals surface area contributed by atoms with Crippen LogP contribution in [-0.4, -0.2) is 35.9 Å². The Hall–Kier alpha value is -4.72. The maximum Gasteiger partial charge on any atom is 0.270 e. The molecular formula is C27H24N4O4. The summed E-state index contributed by atoms with van der Waals surface area (Å²) in [7, 11) is 0. The highest BCUT2D eigenvalue weighted by molar-refractivity contribution is 6.07. The van der Waals surface area contributed by atoms with Crippen LogP contribution in [0.15, 0.2) is 84.9 Å². The van der Waals surface area contributed by atoms with Crippen molar-refractivity contribution < 1.29 is 19.1 Å². The predicted molar refractivity (Wildman–Crippen MR) is 132 cm³/mol. The van der Waals surface area contributed by atoms with Crippen molar-refractivity contribution in [2.75, 3.05) is 13.2 Å². The highest BCUT2D eigenvalue weighted by atomic mass is 16.5. The van der Waals surface area contributed by atoms with Gasteiger partial charge in [0.1, 0.15) is 5.75 Å². The van der Waals surface area contributed by atoms with Gasteiger partial charge >= 0.3 is 0 Å². The highest BCUT2D eigenvalue weighted by Gasteiger charge is 2.15. The number of para-hydroxylation sites is 2. The minimum Gasteiger partial charge on any atom is -0.484 e. The second-order valence-corrected chi connectivity index (χ2v) is 7.82. The molecule has 3 aromatic carbocycles. The number of nitrogens with zero attached hydrogens (tertiary/aromatic N) is 1. The first kappa shape index (κ1) is 23.4. The maximum atomic E-state index is 12.9. The number of amides is 3. The first-order valence-corrected chi connectivity index (χ1v) is 11.0. The molecule has 0 aliphatic rings. The SMILES string of the molecule is Cc1ccc(-c2cc(C(=O)NNC(=O)CNC(=O)COc3ccccc3)c3ccccc3n2)cc1. The number of aromatic nitrogens is 1. The van der Waals surface area contributed by atoms with Crippen molar-refractivity contribution >= 4 is 28.6 Å². The van der Waals surface area contributed by atoms with Crippen LogP contribution in [0.1, 0.15) is 15.9 Å². The zero-order chi connectivity index (χ0) is 24.6. The molecule has 176 valence electrons. The number of nitrogens with one attached hydrogen (secondary N) is 3. The summed E-state index contributed by atoms with van der Waals surface area (Å²) in [6.07, 6.45) is 0. The summed E-state index contributed by atoms with van der Waals surface area (Å²) in [6.45, 7) is 1.45. The quantitative estimate of drug-likeness (QED) is 0.361. The number of fused-ring (bicyclic) bond motifs is 1. The molecule has 3 N–H and O–H groups in total. The van der Waals surface area contributed by atoms with Crippen LogP contribution >= 0.6 is 0 Å². The van der Waals surface area contributed by atoms with Crippen molar-refractivity contribution in [1.29, 1.82) is 0 Å². The molecule has 0 aliphatic carbocycles. The molecule has 0 saturated carbocycles. The molecule has 0 radical (unpaired) electrons. The van der Waals surface area contributed by atoms with Crippen molar-refractivity contribution in [1.82, 2.24) is 21.2 Å². The number of rotatable bonds is 7. The second kappa shape index (κ2) is 10.9. The van der Waals surface area contributed by atoms with Crippen molar-refractivity contribution in [3.8, 4) is 17.0 Å². The molecule has 3 amide bonds. The Morgan fingerprint density at radius 3 is 2.31 bits per heavy atom. The number of hydrogen-bond acceptors (Lipinski definition) is 5. The van der Waals surface area contributed by atoms with Crippen LogP contribution in [0.3, 0.4) is 0 Å². The summed E-state index contributed by atoms with van der Waals surface area (Å²) in [5.41, 5.74) is 8.40. The van der Waals surface area contributed by atoms with Crippen molar-refractivity contribution in [3.05, 3.63) is 96.1 Å². The lowest BCUT2D eigenvalue weighted by Gasteiger charge is -2.12. The van der Waals surface area contributed by atoms with Crippen LogP contribution in [0.5, 0.6) is 5.75 Å². The Morgan fingerprint density at radius 2 is 1.54 bits per heavy atom. The Balaban J connectivity index is 1.37. The average Bonchev–Trinajstić information content (AvgIpc) is 2.89. The summed E-state index contributed by atoms with van der Waals surface area (Å²) in [5.74, 6) is -0.986. The van der Waals surface area contributed by atoms with Gasteiger partial charge in [0, 0.05) is 10.9 Å². The number of carbonyl (C=O) groups excluding carboxylic acids is 3. The van der Waals surface area contributed by atoms with Gasteiger partial charge in [-0.05, 0) is 31.2 Å². The van der Waals surface area contributed by atoms with Gasteiger partial charge in [0.05, 0.1) is 23.3 Å². The first-order valence-electron chi connectivity index (χ1n) is 11.0. The van der Waals surface area contributed by atoms with E-state index >= 15 is 0 Å². The third-order valence-corrected chi connectivity index (χ3v) is 5.18. The summed E-state index contributed by atoms with van der Waals surface area (Å²) < 4.78 is 5.33. The van der Waals surface area contributed by atoms with E-state index in [9.17, 15) is 14.4 Å². The zero-order valence-electron chi connectivity index (χ0n) is 19.1. The fourth-order valence-electron chi connectivity index (χ4n) is 3.37. The topological polar surface area (TPSA) is 109 Å². The lowest BCUT2D eigenvalue weighted by atomic mass is 10.0. The number of aryl methyl sites for hydroxylation is 1. The average molecular weight is 469 g/mol. The normalized spacial score (nSPS) is 10.4. The molecule has 0 bridgehead atoms. The van der Waals surface area contributed by atoms with E-state index in [1.165, 1.54) is 0 Å². The number of pyridine rings is 1. The van der Waals surface area contributed by atoms with Gasteiger partial charge in [-0.15, -0.1) is 0 Å². The van der Waals surface area contributed by atoms with E-state index in [2.05, 4.69) is 21.2 Å². The van der Waals surface area contributed by atoms with Gasteiger partial charge in [0.15, 0.2) is 6.61 Å². The molecule has 8 heteroatoms. The molecule has 0 aliphatic heterocycles. The molecule has 1 heterocycles. The molecule has 4 aromatic rings. The van der Waals surface area contributed by atoms with Gasteiger partial charge in [0.25, 0.3) is 17.7 Å². The number of ether oxygens (including phenoxy) is 1. The third kappa shape index (κ3) is 6.20. The Bertz CT molecular complexity index is 1350. The molecule has 0 atom stereocenters. The van der Waals surface area contributed by atoms with E-state index in [-0.39, 0.29) is 13.2 Å². The largest absolute Gasteiger partial charge is 0.484 e. The molecule has 35 heavy (non-hydrogen) atoms. The molecular weight excluding hydrogens is 444 g/mol. The summed E-state index contributed by atoms with van der Waals surface area (Å²) in [6, 6.07) is 25.7. The Kier molecular flexibility index (Phi) is 7.32. The van der Waals surface area contributed by atoms with Gasteiger partial charge in [-0.25, -0.2) is 4.98 Å². The van der Waals surface area contributed by atoms with Crippen LogP contribution in [-0.2, 0) is 9.59 Å². The van der Waals surface area contributed by atoms with Gasteiger partial charge in [0.2, 0.25) is 0 Å². The summed E-state index contributed by atoms with van der Waals surface area (Å²) in [5, 5.41) is 3.10. The second-order valence-electron chi connectivity index (χ2n) is 7.82. The number of carbonyl (C=O) groups is 3. The monoisotopic (exact) mass is 468 g/mol. The van der Waals surface area contributed by atoms with Crippen LogP contribution < -0.4 is 20.9 Å². The number of benzene rings is 3. The number of hydrazine groups is 1. The van der Waals surface area contributed by atoms with Crippen LogP contribution in [0.4, 0.5) is 0 Å². The minimum atomic E-state index is -0.580. The van der Waals surface area contributed by atoms with E-state index < -0.39 is 17.7 Å². The number of hydrogen-bond donors (Lipinski definition) is 3. The highest BCUT2D eigenvalue weighted by Crippen LogP contribution is 2.25. The van der Waals surface area contributed by atoms with Gasteiger partial charge in [-0.2, -0.15) is 0 Å². The molecule has 0 unspecified atom stereocenters. The minimum absolute atomic E-state index is 0.228. The predicted octanol–water partition coefficient (Wildman–Crippen LogP) is 3.17. The van der Waals surface area contributed by atoms with Gasteiger partial charge in [-0.1, -0.05) is 66.2 Å². The summed E-state index contributed by atoms with van der Waals surface area (Å²) in [4.78, 5) is 41.7. The fraction of sp³-hybridized carbons (Fsp3) is 0.111. The standard InChI is InChI=1S/C27H24N4O4/c1-18-11-13-19(14-12-18)24-15-22(21-9-5-6-10-23(21)29-24)27(34)31-30-25(32)16-28-26(33)17-35-20-7-3-2-4-8-20/h2-15H,16-17H2,1H3,(H,28,33)(H,30,32)(H,31,34). The molecule has 4 rings (SSSR count). The molecule has 0 fully saturated rings. The zero-order valence-corrected chi connectivity index (χ0v) is 19.1. The van der Waals surface area contributed by atoms with Crippen LogP contribution in [0.2, 0.25) is 0 Å². The van der Waals surface area contributed by atoms with Crippen LogP contribution in [0, 0.1) is 6.92 Å². The first-order chi connectivity index (χ1) is 17.0. The summed E-state index contributed by atoms with van der Waals surface area (Å²) >= 11 is 0. The fourth-order valence-corrected chi connectivity index (χ4v) is 3.37. The maximum absolute atomic E-state index is 12.9. The van der Waals surface area contributed by atoms with E-state index in [0.29, 0.717) is 27.9 Å². The molecule has 1 aromatic heterocycles. The lowest BCUT2D eigenvalue weighted by molar-refractivity contribution is -0.127. The van der Waals surface area contributed by atoms with E-state index in [0.717, 1.165) is 11.1 Å². The van der Waals surface area contributed by atoms with Crippen molar-refractivity contribution in [3.63, 3.8) is 0 Å². The lowest BCUT2D eigenvalue weighted by Crippen LogP contribution is -2.47.